The molecule has 6 aliphatic rings. The Morgan fingerprint density at radius 3 is 0.785 bits per heavy atom. The number of hydrogen-bond acceptors (Lipinski definition) is 4. The molecule has 0 atom stereocenters. The van der Waals surface area contributed by atoms with E-state index in [0.29, 0.717) is 0 Å². The Morgan fingerprint density at radius 2 is 0.430 bits per heavy atom. The van der Waals surface area contributed by atoms with Crippen LogP contribution in [-0.4, -0.2) is 0 Å². The van der Waals surface area contributed by atoms with Gasteiger partial charge in [0.2, 0.25) is 0 Å². The van der Waals surface area contributed by atoms with Crippen molar-refractivity contribution in [2.24, 2.45) is 0 Å². The van der Waals surface area contributed by atoms with E-state index < -0.39 is 16.2 Å². The molecular formula is C75H45NS3. The zero-order valence-electron chi connectivity index (χ0n) is 42.7. The van der Waals surface area contributed by atoms with E-state index in [1.54, 1.807) is 0 Å². The van der Waals surface area contributed by atoms with Crippen LogP contribution >= 0.6 is 35.3 Å². The van der Waals surface area contributed by atoms with Gasteiger partial charge >= 0.3 is 0 Å². The fourth-order valence-corrected chi connectivity index (χ4v) is 19.0. The van der Waals surface area contributed by atoms with Crippen LogP contribution in [0.3, 0.4) is 0 Å². The van der Waals surface area contributed by atoms with Crippen LogP contribution in [0.5, 0.6) is 0 Å². The molecule has 0 saturated carbocycles. The topological polar surface area (TPSA) is 3.24 Å². The van der Waals surface area contributed by atoms with Crippen LogP contribution in [0.2, 0.25) is 0 Å². The number of anilines is 3. The van der Waals surface area contributed by atoms with E-state index in [2.05, 4.69) is 278 Å². The summed E-state index contributed by atoms with van der Waals surface area (Å²) in [5.41, 5.74) is 25.5. The summed E-state index contributed by atoms with van der Waals surface area (Å²) in [6.07, 6.45) is 0. The third-order valence-electron chi connectivity index (χ3n) is 18.3. The Labute approximate surface area is 472 Å². The van der Waals surface area contributed by atoms with Crippen molar-refractivity contribution >= 4 is 52.3 Å². The molecule has 1 nitrogen and oxygen atoms in total. The minimum atomic E-state index is -0.536. The second kappa shape index (κ2) is 16.3. The Kier molecular flexibility index (Phi) is 9.17. The highest BCUT2D eigenvalue weighted by molar-refractivity contribution is 8.00. The number of benzene rings is 12. The second-order valence-corrected chi connectivity index (χ2v) is 24.9. The van der Waals surface area contributed by atoms with Gasteiger partial charge in [0.25, 0.3) is 0 Å². The summed E-state index contributed by atoms with van der Waals surface area (Å²) in [5.74, 6) is 0. The Bertz CT molecular complexity index is 4310. The van der Waals surface area contributed by atoms with E-state index in [-0.39, 0.29) is 0 Å². The van der Waals surface area contributed by atoms with Crippen molar-refractivity contribution in [1.29, 1.82) is 0 Å². The molecule has 0 unspecified atom stereocenters. The molecule has 18 rings (SSSR count). The van der Waals surface area contributed by atoms with Gasteiger partial charge in [-0.1, -0.05) is 235 Å². The third-order valence-corrected chi connectivity index (χ3v) is 21.7. The SMILES string of the molecule is c1ccc2c(c1)Sc1ccccc1C21c2ccccc2-c2cc(N(c3ccc4c(c3)C3(c5ccccc5Sc5ccccc53)c3ccccc3-4)c3ccc4c(c3)C3(c5ccccc5Sc5ccccc53)c3ccccc3-4)ccc21. The smallest absolute Gasteiger partial charge is 0.0736 e. The van der Waals surface area contributed by atoms with Gasteiger partial charge in [0.15, 0.2) is 0 Å². The first-order chi connectivity index (χ1) is 39.2. The van der Waals surface area contributed by atoms with Gasteiger partial charge in [-0.05, 0) is 173 Å². The number of nitrogens with zero attached hydrogens (tertiary/aromatic N) is 1. The monoisotopic (exact) mass is 1060 g/mol. The molecule has 0 N–H and O–H groups in total. The van der Waals surface area contributed by atoms with Crippen LogP contribution in [-0.2, 0) is 16.2 Å². The molecule has 0 amide bonds. The van der Waals surface area contributed by atoms with Crippen molar-refractivity contribution < 1.29 is 0 Å². The lowest BCUT2D eigenvalue weighted by molar-refractivity contribution is 0.721. The first kappa shape index (κ1) is 44.5. The normalized spacial score (nSPS) is 15.5. The molecule has 4 heteroatoms. The second-order valence-electron chi connectivity index (χ2n) is 21.7. The van der Waals surface area contributed by atoms with Crippen molar-refractivity contribution in [3.05, 3.63) is 340 Å². The van der Waals surface area contributed by atoms with E-state index in [1.165, 1.54) is 130 Å². The average Bonchev–Trinajstić information content (AvgIpc) is 2.99. The predicted octanol–water partition coefficient (Wildman–Crippen LogP) is 19.6. The molecule has 0 saturated heterocycles. The minimum absolute atomic E-state index is 0.481. The van der Waals surface area contributed by atoms with Crippen molar-refractivity contribution in [3.8, 4) is 33.4 Å². The molecule has 0 radical (unpaired) electrons. The lowest BCUT2D eigenvalue weighted by atomic mass is 9.67. The highest BCUT2D eigenvalue weighted by Crippen LogP contribution is 2.67. The van der Waals surface area contributed by atoms with Gasteiger partial charge in [-0.2, -0.15) is 0 Å². The molecular weight excluding hydrogens is 1010 g/mol. The molecule has 12 aromatic rings. The summed E-state index contributed by atoms with van der Waals surface area (Å²) >= 11 is 5.69. The maximum absolute atomic E-state index is 2.59. The maximum atomic E-state index is 2.59. The predicted molar refractivity (Wildman–Crippen MR) is 325 cm³/mol. The molecule has 3 aliphatic heterocycles. The lowest BCUT2D eigenvalue weighted by Gasteiger charge is -2.40. The first-order valence-electron chi connectivity index (χ1n) is 27.3. The van der Waals surface area contributed by atoms with Gasteiger partial charge in [-0.3, -0.25) is 0 Å². The van der Waals surface area contributed by atoms with Crippen LogP contribution in [0.4, 0.5) is 17.1 Å². The van der Waals surface area contributed by atoms with Gasteiger partial charge in [0, 0.05) is 46.4 Å². The van der Waals surface area contributed by atoms with Gasteiger partial charge in [0.1, 0.15) is 0 Å². The Morgan fingerprint density at radius 1 is 0.190 bits per heavy atom. The van der Waals surface area contributed by atoms with Crippen LogP contribution in [0.15, 0.2) is 302 Å². The number of fused-ring (bicyclic) bond motifs is 27. The zero-order valence-corrected chi connectivity index (χ0v) is 45.1. The Hall–Kier alpha value is -8.51. The van der Waals surface area contributed by atoms with E-state index in [1.807, 2.05) is 35.3 Å². The highest BCUT2D eigenvalue weighted by atomic mass is 32.2. The van der Waals surface area contributed by atoms with Crippen molar-refractivity contribution in [3.63, 3.8) is 0 Å². The van der Waals surface area contributed by atoms with E-state index in [4.69, 9.17) is 0 Å². The summed E-state index contributed by atoms with van der Waals surface area (Å²) in [6, 6.07) is 105. The quantitative estimate of drug-likeness (QED) is 0.173. The van der Waals surface area contributed by atoms with Crippen molar-refractivity contribution in [2.45, 2.75) is 45.6 Å². The minimum Gasteiger partial charge on any atom is -0.310 e. The third kappa shape index (κ3) is 5.61. The van der Waals surface area contributed by atoms with Crippen LogP contribution < -0.4 is 4.90 Å². The van der Waals surface area contributed by atoms with Crippen molar-refractivity contribution in [2.75, 3.05) is 4.90 Å². The summed E-state index contributed by atoms with van der Waals surface area (Å²) < 4.78 is 0. The van der Waals surface area contributed by atoms with Gasteiger partial charge < -0.3 is 4.90 Å². The molecule has 12 aromatic carbocycles. The van der Waals surface area contributed by atoms with Gasteiger partial charge in [-0.15, -0.1) is 0 Å². The fraction of sp³-hybridized carbons (Fsp3) is 0.0400. The molecule has 0 aromatic heterocycles. The van der Waals surface area contributed by atoms with Crippen molar-refractivity contribution in [1.82, 2.24) is 0 Å². The van der Waals surface area contributed by atoms with Crippen LogP contribution in [0.25, 0.3) is 33.4 Å². The first-order valence-corrected chi connectivity index (χ1v) is 29.8. The Balaban J connectivity index is 0.932. The maximum Gasteiger partial charge on any atom is 0.0736 e. The largest absolute Gasteiger partial charge is 0.310 e. The van der Waals surface area contributed by atoms with Crippen LogP contribution in [0, 0.1) is 0 Å². The number of rotatable bonds is 3. The van der Waals surface area contributed by atoms with Gasteiger partial charge in [0.05, 0.1) is 16.2 Å². The van der Waals surface area contributed by atoms with E-state index in [0.717, 1.165) is 17.1 Å². The molecule has 3 heterocycles. The van der Waals surface area contributed by atoms with E-state index in [9.17, 15) is 0 Å². The zero-order chi connectivity index (χ0) is 51.6. The summed E-state index contributed by atoms with van der Waals surface area (Å²) in [5, 5.41) is 0. The summed E-state index contributed by atoms with van der Waals surface area (Å²) in [4.78, 5) is 10.4. The fourth-order valence-electron chi connectivity index (χ4n) is 15.4. The number of hydrogen-bond donors (Lipinski definition) is 0. The summed E-state index contributed by atoms with van der Waals surface area (Å²) in [7, 11) is 0. The molecule has 3 aliphatic carbocycles. The van der Waals surface area contributed by atoms with Gasteiger partial charge in [-0.25, -0.2) is 0 Å². The molecule has 3 spiro atoms. The summed E-state index contributed by atoms with van der Waals surface area (Å²) in [6.45, 7) is 0. The molecule has 0 fully saturated rings. The highest BCUT2D eigenvalue weighted by Gasteiger charge is 2.54. The molecule has 79 heavy (non-hydrogen) atoms. The average molecular weight is 1060 g/mol. The van der Waals surface area contributed by atoms with Crippen LogP contribution in [0.1, 0.15) is 66.8 Å². The molecule has 0 bridgehead atoms. The lowest BCUT2D eigenvalue weighted by Crippen LogP contribution is -2.32. The molecule has 368 valence electrons. The standard InChI is InChI=1S/C75H45NS3/c1-4-22-55-49(19-1)52-40-37-47(44-65(52)74(55)61-27-9-15-33-69(61)78-70-34-16-10-28-62(70)74)76(46-39-42-58-54(43-46)51-21-3-6-24-57(51)73(58)59-25-7-13-31-67(59)77-68-32-14-8-26-60(68)73)48-38-41-53-50-20-2-5-23-56(50)75(66(53)45-48)63-29-11-17-35-71(63)79-72-36-18-12-30-64(72)75/h1-45H. The van der Waals surface area contributed by atoms with E-state index >= 15 is 0 Å².